The largest absolute Gasteiger partial charge is 0.465 e. The van der Waals surface area contributed by atoms with Crippen LogP contribution < -0.4 is 10.6 Å². The Balaban J connectivity index is 1.47. The average molecular weight is 440 g/mol. The maximum absolute atomic E-state index is 13.0. The standard InChI is InChI=1S/C23H25N3O4S/c1-16-8-9-20(30-16)19(26-10-12-29-13-11-26)15-24-22(27)17-5-2-3-6-18(17)25-23(28)21-7-4-14-31-21/h2-9,14,19H,10-13,15H2,1H3,(H,24,27)(H,25,28). The minimum atomic E-state index is -0.247. The van der Waals surface area contributed by atoms with E-state index in [0.29, 0.717) is 35.9 Å². The fourth-order valence-electron chi connectivity index (χ4n) is 3.60. The van der Waals surface area contributed by atoms with Crippen LogP contribution in [0.1, 0.15) is 37.6 Å². The summed E-state index contributed by atoms with van der Waals surface area (Å²) < 4.78 is 11.3. The number of carbonyl (C=O) groups is 2. The van der Waals surface area contributed by atoms with Crippen molar-refractivity contribution in [2.75, 3.05) is 38.2 Å². The smallest absolute Gasteiger partial charge is 0.265 e. The second kappa shape index (κ2) is 9.91. The third-order valence-electron chi connectivity index (χ3n) is 5.20. The first-order valence-corrected chi connectivity index (χ1v) is 11.1. The Morgan fingerprint density at radius 2 is 1.87 bits per heavy atom. The van der Waals surface area contributed by atoms with Gasteiger partial charge in [-0.1, -0.05) is 18.2 Å². The van der Waals surface area contributed by atoms with E-state index in [4.69, 9.17) is 9.15 Å². The number of thiophene rings is 1. The highest BCUT2D eigenvalue weighted by Gasteiger charge is 2.26. The predicted octanol–water partition coefficient (Wildman–Crippen LogP) is 3.71. The van der Waals surface area contributed by atoms with Crippen molar-refractivity contribution in [2.24, 2.45) is 0 Å². The molecule has 0 bridgehead atoms. The van der Waals surface area contributed by atoms with Crippen LogP contribution in [0.3, 0.4) is 0 Å². The summed E-state index contributed by atoms with van der Waals surface area (Å²) in [5, 5.41) is 7.71. The number of morpholine rings is 1. The predicted molar refractivity (Wildman–Crippen MR) is 120 cm³/mol. The number of nitrogens with one attached hydrogen (secondary N) is 2. The summed E-state index contributed by atoms with van der Waals surface area (Å²) in [6.45, 7) is 5.15. The summed E-state index contributed by atoms with van der Waals surface area (Å²) in [6.07, 6.45) is 0. The highest BCUT2D eigenvalue weighted by molar-refractivity contribution is 7.12. The molecular formula is C23H25N3O4S. The molecule has 0 spiro atoms. The SMILES string of the molecule is Cc1ccc(C(CNC(=O)c2ccccc2NC(=O)c2cccs2)N2CCOCC2)o1. The Bertz CT molecular complexity index is 1030. The molecule has 162 valence electrons. The van der Waals surface area contributed by atoms with E-state index in [0.717, 1.165) is 24.6 Å². The van der Waals surface area contributed by atoms with Gasteiger partial charge in [0, 0.05) is 19.6 Å². The molecule has 2 amide bonds. The van der Waals surface area contributed by atoms with E-state index in [1.807, 2.05) is 30.5 Å². The summed E-state index contributed by atoms with van der Waals surface area (Å²) in [6, 6.07) is 14.4. The molecule has 2 aromatic heterocycles. The van der Waals surface area contributed by atoms with Crippen LogP contribution in [0.25, 0.3) is 0 Å². The summed E-state index contributed by atoms with van der Waals surface area (Å²) in [5.74, 6) is 1.18. The minimum absolute atomic E-state index is 0.0885. The van der Waals surface area contributed by atoms with Gasteiger partial charge in [0.25, 0.3) is 11.8 Å². The number of aryl methyl sites for hydroxylation is 1. The monoisotopic (exact) mass is 439 g/mol. The maximum atomic E-state index is 13.0. The van der Waals surface area contributed by atoms with Gasteiger partial charge in [0.2, 0.25) is 0 Å². The summed E-state index contributed by atoms with van der Waals surface area (Å²) in [7, 11) is 0. The Morgan fingerprint density at radius 3 is 2.58 bits per heavy atom. The van der Waals surface area contributed by atoms with E-state index < -0.39 is 0 Å². The molecule has 1 saturated heterocycles. The van der Waals surface area contributed by atoms with E-state index in [1.165, 1.54) is 11.3 Å². The first kappa shape index (κ1) is 21.3. The van der Waals surface area contributed by atoms with Gasteiger partial charge in [0.05, 0.1) is 35.4 Å². The van der Waals surface area contributed by atoms with Crippen LogP contribution in [0.15, 0.2) is 58.3 Å². The average Bonchev–Trinajstić information content (AvgIpc) is 3.47. The van der Waals surface area contributed by atoms with Gasteiger partial charge >= 0.3 is 0 Å². The number of anilines is 1. The number of hydrogen-bond donors (Lipinski definition) is 2. The number of rotatable bonds is 7. The summed E-state index contributed by atoms with van der Waals surface area (Å²) >= 11 is 1.36. The molecule has 2 N–H and O–H groups in total. The number of hydrogen-bond acceptors (Lipinski definition) is 6. The van der Waals surface area contributed by atoms with Crippen molar-refractivity contribution in [1.29, 1.82) is 0 Å². The Kier molecular flexibility index (Phi) is 6.81. The zero-order chi connectivity index (χ0) is 21.6. The molecule has 8 heteroatoms. The van der Waals surface area contributed by atoms with Crippen LogP contribution in [0.5, 0.6) is 0 Å². The minimum Gasteiger partial charge on any atom is -0.465 e. The van der Waals surface area contributed by atoms with Gasteiger partial charge in [-0.15, -0.1) is 11.3 Å². The van der Waals surface area contributed by atoms with Crippen LogP contribution in [-0.2, 0) is 4.74 Å². The lowest BCUT2D eigenvalue weighted by Crippen LogP contribution is -2.43. The van der Waals surface area contributed by atoms with Gasteiger partial charge in [0.1, 0.15) is 11.5 Å². The molecule has 31 heavy (non-hydrogen) atoms. The number of amides is 2. The fourth-order valence-corrected chi connectivity index (χ4v) is 4.22. The molecule has 1 atom stereocenters. The highest BCUT2D eigenvalue weighted by atomic mass is 32.1. The quantitative estimate of drug-likeness (QED) is 0.586. The van der Waals surface area contributed by atoms with E-state index in [9.17, 15) is 9.59 Å². The maximum Gasteiger partial charge on any atom is 0.265 e. The van der Waals surface area contributed by atoms with E-state index in [2.05, 4.69) is 15.5 Å². The first-order chi connectivity index (χ1) is 15.1. The summed E-state index contributed by atoms with van der Waals surface area (Å²) in [5.41, 5.74) is 0.902. The lowest BCUT2D eigenvalue weighted by atomic mass is 10.1. The molecule has 3 aromatic rings. The molecule has 1 aliphatic heterocycles. The Morgan fingerprint density at radius 1 is 1.06 bits per heavy atom. The lowest BCUT2D eigenvalue weighted by Gasteiger charge is -2.33. The van der Waals surface area contributed by atoms with Crippen LogP contribution in [-0.4, -0.2) is 49.6 Å². The molecule has 3 heterocycles. The normalized spacial score (nSPS) is 15.4. The molecule has 1 fully saturated rings. The third-order valence-corrected chi connectivity index (χ3v) is 6.07. The van der Waals surface area contributed by atoms with Crippen LogP contribution in [0.2, 0.25) is 0 Å². The lowest BCUT2D eigenvalue weighted by molar-refractivity contribution is 0.0117. The van der Waals surface area contributed by atoms with Gasteiger partial charge in [-0.05, 0) is 42.6 Å². The first-order valence-electron chi connectivity index (χ1n) is 10.2. The van der Waals surface area contributed by atoms with E-state index >= 15 is 0 Å². The van der Waals surface area contributed by atoms with Crippen LogP contribution >= 0.6 is 11.3 Å². The van der Waals surface area contributed by atoms with E-state index in [-0.39, 0.29) is 17.9 Å². The van der Waals surface area contributed by atoms with Crippen molar-refractivity contribution >= 4 is 28.8 Å². The molecular weight excluding hydrogens is 414 g/mol. The van der Waals surface area contributed by atoms with Gasteiger partial charge in [-0.3, -0.25) is 14.5 Å². The molecule has 0 saturated carbocycles. The van der Waals surface area contributed by atoms with Crippen molar-refractivity contribution in [3.05, 3.63) is 75.9 Å². The molecule has 7 nitrogen and oxygen atoms in total. The highest BCUT2D eigenvalue weighted by Crippen LogP contribution is 2.24. The van der Waals surface area contributed by atoms with Gasteiger partial charge in [0.15, 0.2) is 0 Å². The third kappa shape index (κ3) is 5.22. The molecule has 1 unspecified atom stereocenters. The van der Waals surface area contributed by atoms with Crippen molar-refractivity contribution in [3.63, 3.8) is 0 Å². The van der Waals surface area contributed by atoms with Crippen LogP contribution in [0.4, 0.5) is 5.69 Å². The zero-order valence-corrected chi connectivity index (χ0v) is 18.1. The molecule has 1 aromatic carbocycles. The van der Waals surface area contributed by atoms with Gasteiger partial charge in [-0.25, -0.2) is 0 Å². The number of nitrogens with zero attached hydrogens (tertiary/aromatic N) is 1. The number of carbonyl (C=O) groups excluding carboxylic acids is 2. The van der Waals surface area contributed by atoms with Crippen molar-refractivity contribution in [2.45, 2.75) is 13.0 Å². The van der Waals surface area contributed by atoms with Gasteiger partial charge in [-0.2, -0.15) is 0 Å². The van der Waals surface area contributed by atoms with E-state index in [1.54, 1.807) is 30.3 Å². The van der Waals surface area contributed by atoms with Crippen molar-refractivity contribution in [3.8, 4) is 0 Å². The molecule has 0 aliphatic carbocycles. The van der Waals surface area contributed by atoms with Crippen molar-refractivity contribution < 1.29 is 18.7 Å². The van der Waals surface area contributed by atoms with Gasteiger partial charge < -0.3 is 19.8 Å². The Labute approximate surface area is 185 Å². The second-order valence-corrected chi connectivity index (χ2v) is 8.25. The Hall–Kier alpha value is -2.94. The fraction of sp³-hybridized carbons (Fsp3) is 0.304. The van der Waals surface area contributed by atoms with Crippen LogP contribution in [0, 0.1) is 6.92 Å². The molecule has 4 rings (SSSR count). The summed E-state index contributed by atoms with van der Waals surface area (Å²) in [4.78, 5) is 28.3. The molecule has 0 radical (unpaired) electrons. The second-order valence-electron chi connectivity index (χ2n) is 7.30. The zero-order valence-electron chi connectivity index (χ0n) is 17.3. The van der Waals surface area contributed by atoms with Crippen molar-refractivity contribution in [1.82, 2.24) is 10.2 Å². The molecule has 1 aliphatic rings. The topological polar surface area (TPSA) is 83.8 Å². The number of para-hydroxylation sites is 1. The number of ether oxygens (including phenoxy) is 1. The number of benzene rings is 1. The number of furan rings is 1.